The third-order valence-corrected chi connectivity index (χ3v) is 5.38. The molecular formula is C24H23N5O. The number of fused-ring (bicyclic) bond motifs is 2. The molecule has 0 saturated carbocycles. The van der Waals surface area contributed by atoms with Gasteiger partial charge in [-0.25, -0.2) is 9.78 Å². The van der Waals surface area contributed by atoms with Gasteiger partial charge in [-0.15, -0.1) is 0 Å². The fourth-order valence-electron chi connectivity index (χ4n) is 3.86. The Morgan fingerprint density at radius 3 is 2.87 bits per heavy atom. The van der Waals surface area contributed by atoms with E-state index in [1.54, 1.807) is 23.4 Å². The molecule has 0 unspecified atom stereocenters. The van der Waals surface area contributed by atoms with E-state index in [0.717, 1.165) is 27.9 Å². The Balaban J connectivity index is 1.43. The number of carbonyl (C=O) groups excluding carboxylic acids is 1. The smallest absolute Gasteiger partial charge is 0.323 e. The van der Waals surface area contributed by atoms with Crippen molar-refractivity contribution in [1.29, 1.82) is 0 Å². The van der Waals surface area contributed by atoms with Gasteiger partial charge in [-0.1, -0.05) is 24.3 Å². The van der Waals surface area contributed by atoms with Gasteiger partial charge >= 0.3 is 6.03 Å². The van der Waals surface area contributed by atoms with E-state index in [1.165, 1.54) is 0 Å². The Morgan fingerprint density at radius 2 is 1.97 bits per heavy atom. The number of aromatic nitrogens is 2. The number of anilines is 3. The van der Waals surface area contributed by atoms with Crippen LogP contribution in [0.5, 0.6) is 0 Å². The van der Waals surface area contributed by atoms with Crippen molar-refractivity contribution in [2.75, 3.05) is 22.1 Å². The van der Waals surface area contributed by atoms with E-state index in [2.05, 4.69) is 20.6 Å². The molecule has 2 aromatic carbocycles. The van der Waals surface area contributed by atoms with Gasteiger partial charge in [-0.3, -0.25) is 0 Å². The van der Waals surface area contributed by atoms with Crippen molar-refractivity contribution in [2.24, 2.45) is 0 Å². The maximum absolute atomic E-state index is 12.6. The molecule has 4 aromatic rings. The molecule has 6 nitrogen and oxygen atoms in total. The maximum Gasteiger partial charge on any atom is 0.323 e. The number of H-pyrrole nitrogens is 1. The summed E-state index contributed by atoms with van der Waals surface area (Å²) in [7, 11) is 0. The standard InChI is InChI=1S/C24H23N5O/c1-16-5-2-3-6-20(16)27-24(30)28-21-7-4-8-22-19(21)11-14-29(22)15-17-9-12-25-23-18(17)10-13-26-23/h2-10,12-13H,11,14-15H2,1H3,(H,25,26)(H2,27,28,30)/i15D2. The molecule has 0 fully saturated rings. The number of nitrogens with zero attached hydrogens (tertiary/aromatic N) is 2. The summed E-state index contributed by atoms with van der Waals surface area (Å²) in [5, 5.41) is 6.59. The molecule has 1 aliphatic rings. The zero-order valence-electron chi connectivity index (χ0n) is 18.6. The van der Waals surface area contributed by atoms with Crippen LogP contribution in [0, 0.1) is 6.92 Å². The second-order valence-electron chi connectivity index (χ2n) is 7.31. The van der Waals surface area contributed by atoms with Crippen molar-refractivity contribution in [2.45, 2.75) is 19.8 Å². The molecule has 0 aliphatic carbocycles. The Labute approximate surface area is 177 Å². The van der Waals surface area contributed by atoms with Gasteiger partial charge in [-0.05, 0) is 54.8 Å². The number of pyridine rings is 1. The van der Waals surface area contributed by atoms with Gasteiger partial charge < -0.3 is 20.5 Å². The van der Waals surface area contributed by atoms with Gasteiger partial charge in [0.1, 0.15) is 5.65 Å². The number of aromatic amines is 1. The van der Waals surface area contributed by atoms with E-state index < -0.39 is 6.50 Å². The first-order chi connectivity index (χ1) is 15.4. The van der Waals surface area contributed by atoms with Crippen molar-refractivity contribution in [3.05, 3.63) is 83.7 Å². The zero-order valence-corrected chi connectivity index (χ0v) is 16.6. The van der Waals surface area contributed by atoms with Crippen LogP contribution >= 0.6 is 0 Å². The summed E-state index contributed by atoms with van der Waals surface area (Å²) in [6.07, 6.45) is 4.03. The second kappa shape index (κ2) is 7.55. The van der Waals surface area contributed by atoms with Crippen molar-refractivity contribution < 1.29 is 7.54 Å². The van der Waals surface area contributed by atoms with Crippen LogP contribution in [0.15, 0.2) is 67.0 Å². The summed E-state index contributed by atoms with van der Waals surface area (Å²) in [6, 6.07) is 16.5. The highest BCUT2D eigenvalue weighted by atomic mass is 16.2. The summed E-state index contributed by atoms with van der Waals surface area (Å²) < 4.78 is 17.9. The first-order valence-corrected chi connectivity index (χ1v) is 9.91. The minimum absolute atomic E-state index is 0.322. The summed E-state index contributed by atoms with van der Waals surface area (Å²) in [4.78, 5) is 21.7. The third-order valence-electron chi connectivity index (χ3n) is 5.38. The fourth-order valence-corrected chi connectivity index (χ4v) is 3.86. The van der Waals surface area contributed by atoms with Gasteiger partial charge in [0.25, 0.3) is 0 Å². The van der Waals surface area contributed by atoms with Gasteiger partial charge in [0.2, 0.25) is 0 Å². The van der Waals surface area contributed by atoms with Crippen LogP contribution in [0.1, 0.15) is 19.4 Å². The average molecular weight is 399 g/mol. The van der Waals surface area contributed by atoms with Crippen molar-refractivity contribution in [3.8, 4) is 0 Å². The largest absolute Gasteiger partial charge is 0.367 e. The predicted molar refractivity (Wildman–Crippen MR) is 121 cm³/mol. The summed E-state index contributed by atoms with van der Waals surface area (Å²) in [6.45, 7) is 0.710. The molecule has 0 bridgehead atoms. The van der Waals surface area contributed by atoms with E-state index in [9.17, 15) is 4.79 Å². The monoisotopic (exact) mass is 399 g/mol. The highest BCUT2D eigenvalue weighted by Crippen LogP contribution is 2.35. The SMILES string of the molecule is [2H]C([2H])(c1ccnc2[nH]ccc12)N1CCc2c(NC(=O)Nc3ccccc3C)cccc21. The molecule has 0 spiro atoms. The number of rotatable bonds is 4. The maximum atomic E-state index is 12.6. The topological polar surface area (TPSA) is 73.0 Å². The molecule has 30 heavy (non-hydrogen) atoms. The number of amides is 2. The molecule has 150 valence electrons. The van der Waals surface area contributed by atoms with E-state index in [-0.39, 0.29) is 6.03 Å². The highest BCUT2D eigenvalue weighted by Gasteiger charge is 2.23. The van der Waals surface area contributed by atoms with E-state index in [1.807, 2.05) is 55.5 Å². The number of aryl methyl sites for hydroxylation is 1. The molecule has 6 heteroatoms. The van der Waals surface area contributed by atoms with Crippen LogP contribution in [0.4, 0.5) is 21.9 Å². The molecular weight excluding hydrogens is 374 g/mol. The number of hydrogen-bond donors (Lipinski definition) is 3. The molecule has 0 atom stereocenters. The van der Waals surface area contributed by atoms with Crippen molar-refractivity contribution >= 4 is 34.1 Å². The summed E-state index contributed by atoms with van der Waals surface area (Å²) >= 11 is 0. The van der Waals surface area contributed by atoms with Crippen molar-refractivity contribution in [1.82, 2.24) is 9.97 Å². The molecule has 3 N–H and O–H groups in total. The Bertz CT molecular complexity index is 1320. The van der Waals surface area contributed by atoms with Crippen LogP contribution in [0.2, 0.25) is 0 Å². The molecule has 2 aromatic heterocycles. The first-order valence-electron chi connectivity index (χ1n) is 10.9. The van der Waals surface area contributed by atoms with Crippen molar-refractivity contribution in [3.63, 3.8) is 0 Å². The molecule has 2 amide bonds. The number of nitrogens with one attached hydrogen (secondary N) is 3. The van der Waals surface area contributed by atoms with Crippen LogP contribution in [-0.4, -0.2) is 22.5 Å². The molecule has 1 aliphatic heterocycles. The second-order valence-corrected chi connectivity index (χ2v) is 7.31. The molecule has 3 heterocycles. The minimum Gasteiger partial charge on any atom is -0.367 e. The molecule has 0 radical (unpaired) electrons. The van der Waals surface area contributed by atoms with Crippen LogP contribution in [0.25, 0.3) is 11.0 Å². The fraction of sp³-hybridized carbons (Fsp3) is 0.167. The van der Waals surface area contributed by atoms with Crippen LogP contribution in [0.3, 0.4) is 0 Å². The lowest BCUT2D eigenvalue weighted by atomic mass is 10.1. The number of hydrogen-bond acceptors (Lipinski definition) is 3. The molecule has 5 rings (SSSR count). The minimum atomic E-state index is -1.74. The average Bonchev–Trinajstić information content (AvgIpc) is 3.43. The predicted octanol–water partition coefficient (Wildman–Crippen LogP) is 5.08. The number of para-hydroxylation sites is 1. The highest BCUT2D eigenvalue weighted by molar-refractivity contribution is 6.01. The van der Waals surface area contributed by atoms with Gasteiger partial charge in [0.15, 0.2) is 0 Å². The summed E-state index contributed by atoms with van der Waals surface area (Å²) in [5.74, 6) is 0. The lowest BCUT2D eigenvalue weighted by Gasteiger charge is -2.20. The Hall–Kier alpha value is -3.80. The summed E-state index contributed by atoms with van der Waals surface area (Å²) in [5.41, 5.74) is 5.35. The quantitative estimate of drug-likeness (QED) is 0.448. The lowest BCUT2D eigenvalue weighted by molar-refractivity contribution is 0.262. The third kappa shape index (κ3) is 3.37. The lowest BCUT2D eigenvalue weighted by Crippen LogP contribution is -2.21. The number of carbonyl (C=O) groups is 1. The Morgan fingerprint density at radius 1 is 1.13 bits per heavy atom. The number of urea groups is 1. The Kier molecular flexibility index (Phi) is 4.04. The normalized spacial score (nSPS) is 14.2. The van der Waals surface area contributed by atoms with E-state index in [4.69, 9.17) is 2.74 Å². The van der Waals surface area contributed by atoms with Crippen LogP contribution < -0.4 is 15.5 Å². The van der Waals surface area contributed by atoms with Gasteiger partial charge in [0, 0.05) is 53.4 Å². The molecule has 0 saturated heterocycles. The van der Waals surface area contributed by atoms with Crippen LogP contribution in [-0.2, 0) is 12.9 Å². The van der Waals surface area contributed by atoms with Gasteiger partial charge in [0.05, 0.1) is 2.74 Å². The van der Waals surface area contributed by atoms with Gasteiger partial charge in [-0.2, -0.15) is 0 Å². The van der Waals surface area contributed by atoms with E-state index in [0.29, 0.717) is 29.9 Å². The first kappa shape index (κ1) is 16.0. The van der Waals surface area contributed by atoms with E-state index >= 15 is 0 Å². The zero-order chi connectivity index (χ0) is 22.3. The number of benzene rings is 2.